The van der Waals surface area contributed by atoms with Crippen molar-refractivity contribution in [1.29, 1.82) is 0 Å². The van der Waals surface area contributed by atoms with Gasteiger partial charge in [-0.3, -0.25) is 9.56 Å². The van der Waals surface area contributed by atoms with Crippen molar-refractivity contribution in [3.05, 3.63) is 0 Å². The first kappa shape index (κ1) is 10.8. The molecule has 0 fully saturated rings. The van der Waals surface area contributed by atoms with E-state index in [9.17, 15) is 4.57 Å². The van der Waals surface area contributed by atoms with Gasteiger partial charge in [-0.2, -0.15) is 0 Å². The Morgan fingerprint density at radius 1 is 1.55 bits per heavy atom. The van der Waals surface area contributed by atoms with Gasteiger partial charge in [-0.05, 0) is 13.3 Å². The molecule has 0 aromatic carbocycles. The van der Waals surface area contributed by atoms with E-state index in [2.05, 4.69) is 4.99 Å². The predicted octanol–water partition coefficient (Wildman–Crippen LogP) is 1.38. The minimum atomic E-state index is -4.05. The summed E-state index contributed by atoms with van der Waals surface area (Å²) in [6.45, 7) is 3.87. The molecule has 0 heterocycles. The highest BCUT2D eigenvalue weighted by molar-refractivity contribution is 7.70. The average Bonchev–Trinajstić information content (AvgIpc) is 1.86. The fourth-order valence-electron chi connectivity index (χ4n) is 0.491. The molecule has 0 bridgehead atoms. The minimum absolute atomic E-state index is 0.0639. The van der Waals surface area contributed by atoms with Gasteiger partial charge in [0.1, 0.15) is 5.45 Å². The van der Waals surface area contributed by atoms with Gasteiger partial charge in [0.25, 0.3) is 0 Å². The van der Waals surface area contributed by atoms with Gasteiger partial charge in [-0.1, -0.05) is 13.3 Å². The Labute approximate surface area is 66.5 Å². The monoisotopic (exact) mass is 179 g/mol. The predicted molar refractivity (Wildman–Crippen MR) is 44.9 cm³/mol. The maximum absolute atomic E-state index is 10.5. The van der Waals surface area contributed by atoms with E-state index < -0.39 is 7.60 Å². The van der Waals surface area contributed by atoms with Crippen LogP contribution in [-0.4, -0.2) is 21.8 Å². The van der Waals surface area contributed by atoms with Crippen LogP contribution in [0.3, 0.4) is 0 Å². The zero-order chi connectivity index (χ0) is 8.91. The lowest BCUT2D eigenvalue weighted by atomic mass is 10.3. The van der Waals surface area contributed by atoms with Gasteiger partial charge < -0.3 is 9.79 Å². The molecular formula is C6H14NO3P. The Bertz CT molecular complexity index is 184. The van der Waals surface area contributed by atoms with E-state index >= 15 is 0 Å². The van der Waals surface area contributed by atoms with Crippen molar-refractivity contribution in [3.8, 4) is 0 Å². The molecule has 11 heavy (non-hydrogen) atoms. The normalized spacial score (nSPS) is 13.6. The molecule has 0 aliphatic rings. The van der Waals surface area contributed by atoms with Gasteiger partial charge in [-0.15, -0.1) is 0 Å². The van der Waals surface area contributed by atoms with Gasteiger partial charge in [-0.25, -0.2) is 0 Å². The Morgan fingerprint density at radius 3 is 2.45 bits per heavy atom. The summed E-state index contributed by atoms with van der Waals surface area (Å²) in [5.41, 5.74) is -0.0639. The van der Waals surface area contributed by atoms with Crippen LogP contribution in [0.5, 0.6) is 0 Å². The lowest BCUT2D eigenvalue weighted by Crippen LogP contribution is -1.94. The maximum Gasteiger partial charge on any atom is 0.369 e. The number of nitrogens with zero attached hydrogens (tertiary/aromatic N) is 1. The number of hydrogen-bond acceptors (Lipinski definition) is 2. The SMILES string of the molecule is CCCCN=C(C)P(=O)(O)O. The van der Waals surface area contributed by atoms with Gasteiger partial charge in [0.15, 0.2) is 0 Å². The van der Waals surface area contributed by atoms with Gasteiger partial charge in [0, 0.05) is 6.54 Å². The summed E-state index contributed by atoms with van der Waals surface area (Å²) >= 11 is 0. The smallest absolute Gasteiger partial charge is 0.320 e. The topological polar surface area (TPSA) is 69.9 Å². The number of rotatable bonds is 4. The average molecular weight is 179 g/mol. The molecule has 0 rings (SSSR count). The summed E-state index contributed by atoms with van der Waals surface area (Å²) in [4.78, 5) is 20.9. The maximum atomic E-state index is 10.5. The third-order valence-electron chi connectivity index (χ3n) is 1.27. The van der Waals surface area contributed by atoms with Crippen LogP contribution < -0.4 is 0 Å². The molecule has 0 unspecified atom stereocenters. The molecule has 0 spiro atoms. The molecule has 4 nitrogen and oxygen atoms in total. The highest BCUT2D eigenvalue weighted by Gasteiger charge is 2.16. The van der Waals surface area contributed by atoms with E-state index in [4.69, 9.17) is 9.79 Å². The minimum Gasteiger partial charge on any atom is -0.320 e. The van der Waals surface area contributed by atoms with Crippen LogP contribution in [0.2, 0.25) is 0 Å². The van der Waals surface area contributed by atoms with E-state index in [0.717, 1.165) is 12.8 Å². The molecule has 0 saturated carbocycles. The van der Waals surface area contributed by atoms with E-state index in [1.54, 1.807) is 0 Å². The lowest BCUT2D eigenvalue weighted by Gasteiger charge is -2.01. The van der Waals surface area contributed by atoms with Crippen molar-refractivity contribution in [2.24, 2.45) is 4.99 Å². The quantitative estimate of drug-likeness (QED) is 0.389. The van der Waals surface area contributed by atoms with Crippen molar-refractivity contribution in [2.75, 3.05) is 6.54 Å². The standard InChI is InChI=1S/C6H14NO3P/c1-3-4-5-7-6(2)11(8,9)10/h3-5H2,1-2H3,(H2,8,9,10). The molecule has 0 aliphatic carbocycles. The van der Waals surface area contributed by atoms with Crippen LogP contribution >= 0.6 is 7.60 Å². The van der Waals surface area contributed by atoms with Gasteiger partial charge in [0.2, 0.25) is 0 Å². The Kier molecular flexibility index (Phi) is 4.57. The van der Waals surface area contributed by atoms with Crippen molar-refractivity contribution in [1.82, 2.24) is 0 Å². The fourth-order valence-corrected chi connectivity index (χ4v) is 0.775. The van der Waals surface area contributed by atoms with Crippen molar-refractivity contribution < 1.29 is 14.4 Å². The summed E-state index contributed by atoms with van der Waals surface area (Å²) < 4.78 is 10.5. The second-order valence-corrected chi connectivity index (χ2v) is 4.06. The van der Waals surface area contributed by atoms with Crippen molar-refractivity contribution in [3.63, 3.8) is 0 Å². The van der Waals surface area contributed by atoms with E-state index in [1.165, 1.54) is 6.92 Å². The fraction of sp³-hybridized carbons (Fsp3) is 0.833. The first-order valence-electron chi connectivity index (χ1n) is 3.55. The molecule has 0 atom stereocenters. The third-order valence-corrected chi connectivity index (χ3v) is 2.26. The number of aliphatic imine (C=N–C) groups is 1. The van der Waals surface area contributed by atoms with Crippen LogP contribution in [0.4, 0.5) is 0 Å². The Hall–Kier alpha value is -0.180. The Balaban J connectivity index is 3.92. The molecule has 5 heteroatoms. The second kappa shape index (κ2) is 4.65. The summed E-state index contributed by atoms with van der Waals surface area (Å²) in [5, 5.41) is 0. The van der Waals surface area contributed by atoms with Gasteiger partial charge in [0.05, 0.1) is 0 Å². The molecule has 0 radical (unpaired) electrons. The molecule has 0 aromatic rings. The summed E-state index contributed by atoms with van der Waals surface area (Å²) in [5.74, 6) is 0. The molecule has 66 valence electrons. The second-order valence-electron chi connectivity index (χ2n) is 2.33. The van der Waals surface area contributed by atoms with Crippen LogP contribution in [0, 0.1) is 0 Å². The highest BCUT2D eigenvalue weighted by Crippen LogP contribution is 2.36. The van der Waals surface area contributed by atoms with E-state index in [0.29, 0.717) is 6.54 Å². The lowest BCUT2D eigenvalue weighted by molar-refractivity contribution is 0.390. The van der Waals surface area contributed by atoms with E-state index in [-0.39, 0.29) is 5.45 Å². The highest BCUT2D eigenvalue weighted by atomic mass is 31.2. The van der Waals surface area contributed by atoms with Crippen LogP contribution in [0.1, 0.15) is 26.7 Å². The van der Waals surface area contributed by atoms with Crippen molar-refractivity contribution in [2.45, 2.75) is 26.7 Å². The zero-order valence-electron chi connectivity index (χ0n) is 6.82. The van der Waals surface area contributed by atoms with Crippen LogP contribution in [-0.2, 0) is 4.57 Å². The molecule has 2 N–H and O–H groups in total. The van der Waals surface area contributed by atoms with Crippen LogP contribution in [0.15, 0.2) is 4.99 Å². The largest absolute Gasteiger partial charge is 0.369 e. The van der Waals surface area contributed by atoms with Crippen LogP contribution in [0.25, 0.3) is 0 Å². The first-order valence-corrected chi connectivity index (χ1v) is 5.17. The molecule has 0 aliphatic heterocycles. The number of unbranched alkanes of at least 4 members (excludes halogenated alkanes) is 1. The summed E-state index contributed by atoms with van der Waals surface area (Å²) in [6, 6.07) is 0. The molecule has 0 aromatic heterocycles. The zero-order valence-corrected chi connectivity index (χ0v) is 7.71. The van der Waals surface area contributed by atoms with E-state index in [1.807, 2.05) is 6.92 Å². The Morgan fingerprint density at radius 2 is 2.09 bits per heavy atom. The number of hydrogen-bond donors (Lipinski definition) is 2. The molecular weight excluding hydrogens is 165 g/mol. The summed E-state index contributed by atoms with van der Waals surface area (Å²) in [6.07, 6.45) is 1.86. The molecule has 0 amide bonds. The van der Waals surface area contributed by atoms with Crippen molar-refractivity contribution >= 4 is 13.0 Å². The third kappa shape index (κ3) is 5.13. The summed E-state index contributed by atoms with van der Waals surface area (Å²) in [7, 11) is -4.05. The molecule has 0 saturated heterocycles. The van der Waals surface area contributed by atoms with Gasteiger partial charge >= 0.3 is 7.60 Å². The first-order chi connectivity index (χ1) is 4.98.